The summed E-state index contributed by atoms with van der Waals surface area (Å²) in [7, 11) is 0. The number of carbonyl (C=O) groups excluding carboxylic acids is 2. The predicted octanol–water partition coefficient (Wildman–Crippen LogP) is 2.69. The summed E-state index contributed by atoms with van der Waals surface area (Å²) in [6, 6.07) is 3.28. The Labute approximate surface area is 151 Å². The van der Waals surface area contributed by atoms with Crippen molar-refractivity contribution in [2.75, 3.05) is 11.9 Å². The maximum atomic E-state index is 12.4. The lowest BCUT2D eigenvalue weighted by Crippen LogP contribution is -2.42. The van der Waals surface area contributed by atoms with E-state index in [1.807, 2.05) is 20.8 Å². The van der Waals surface area contributed by atoms with Crippen LogP contribution >= 0.6 is 11.6 Å². The number of nitrogens with one attached hydrogen (secondary N) is 2. The number of ether oxygens (including phenoxy) is 1. The molecule has 0 heterocycles. The third-order valence-corrected chi connectivity index (χ3v) is 3.41. The van der Waals surface area contributed by atoms with Crippen molar-refractivity contribution in [3.05, 3.63) is 28.8 Å². The molecule has 0 aliphatic heterocycles. The van der Waals surface area contributed by atoms with E-state index in [2.05, 4.69) is 10.6 Å². The minimum absolute atomic E-state index is 0.0795. The normalized spacial score (nSPS) is 12.4. The van der Waals surface area contributed by atoms with E-state index < -0.39 is 23.5 Å². The van der Waals surface area contributed by atoms with Gasteiger partial charge in [-0.2, -0.15) is 0 Å². The van der Waals surface area contributed by atoms with Crippen molar-refractivity contribution < 1.29 is 24.2 Å². The molecule has 0 spiro atoms. The number of halogens is 1. The van der Waals surface area contributed by atoms with Gasteiger partial charge in [-0.3, -0.25) is 9.59 Å². The van der Waals surface area contributed by atoms with E-state index in [1.54, 1.807) is 6.07 Å². The molecule has 138 valence electrons. The van der Waals surface area contributed by atoms with Gasteiger partial charge in [-0.25, -0.2) is 4.79 Å². The van der Waals surface area contributed by atoms with Gasteiger partial charge in [0.25, 0.3) is 5.91 Å². The molecule has 8 heteroatoms. The molecule has 1 rings (SSSR count). The Morgan fingerprint density at radius 2 is 1.92 bits per heavy atom. The molecule has 0 saturated heterocycles. The summed E-state index contributed by atoms with van der Waals surface area (Å²) in [6.45, 7) is 7.09. The first-order valence-electron chi connectivity index (χ1n) is 7.74. The molecule has 2 amide bonds. The highest BCUT2D eigenvalue weighted by atomic mass is 35.5. The fourth-order valence-electron chi connectivity index (χ4n) is 1.96. The summed E-state index contributed by atoms with van der Waals surface area (Å²) in [5.41, 5.74) is 0.0733. The molecule has 0 fully saturated rings. The summed E-state index contributed by atoms with van der Waals surface area (Å²) in [5.74, 6) is -2.10. The van der Waals surface area contributed by atoms with Crippen molar-refractivity contribution >= 4 is 35.1 Å². The van der Waals surface area contributed by atoms with Crippen LogP contribution in [-0.4, -0.2) is 41.1 Å². The van der Waals surface area contributed by atoms with Gasteiger partial charge in [0.05, 0.1) is 16.2 Å². The molecule has 25 heavy (non-hydrogen) atoms. The fourth-order valence-corrected chi connectivity index (χ4v) is 2.16. The number of carboxylic acids is 1. The lowest BCUT2D eigenvalue weighted by Gasteiger charge is -2.21. The zero-order chi connectivity index (χ0) is 19.2. The second-order valence-electron chi connectivity index (χ2n) is 6.49. The summed E-state index contributed by atoms with van der Waals surface area (Å²) in [5, 5.41) is 14.4. The number of hydrogen-bond acceptors (Lipinski definition) is 4. The van der Waals surface area contributed by atoms with Crippen molar-refractivity contribution in [1.29, 1.82) is 0 Å². The van der Waals surface area contributed by atoms with Gasteiger partial charge in [0.15, 0.2) is 0 Å². The van der Waals surface area contributed by atoms with Crippen molar-refractivity contribution in [1.82, 2.24) is 5.32 Å². The van der Waals surface area contributed by atoms with Crippen LogP contribution in [0.5, 0.6) is 0 Å². The SMILES string of the molecule is CC(=O)Nc1ccc(Cl)c(C(=O)NC(CCOC(C)(C)C)C(=O)O)c1. The summed E-state index contributed by atoms with van der Waals surface area (Å²) in [4.78, 5) is 34.8. The van der Waals surface area contributed by atoms with Gasteiger partial charge in [0.2, 0.25) is 5.91 Å². The van der Waals surface area contributed by atoms with Gasteiger partial charge < -0.3 is 20.5 Å². The van der Waals surface area contributed by atoms with E-state index in [1.165, 1.54) is 19.1 Å². The van der Waals surface area contributed by atoms with E-state index in [9.17, 15) is 19.5 Å². The van der Waals surface area contributed by atoms with Crippen LogP contribution in [0.25, 0.3) is 0 Å². The van der Waals surface area contributed by atoms with Gasteiger partial charge in [0, 0.05) is 25.6 Å². The highest BCUT2D eigenvalue weighted by Gasteiger charge is 2.23. The quantitative estimate of drug-likeness (QED) is 0.684. The standard InChI is InChI=1S/C17H23ClN2O5/c1-10(21)19-11-5-6-13(18)12(9-11)15(22)20-14(16(23)24)7-8-25-17(2,3)4/h5-6,9,14H,7-8H2,1-4H3,(H,19,21)(H,20,22)(H,23,24). The summed E-state index contributed by atoms with van der Waals surface area (Å²) < 4.78 is 5.50. The Hall–Kier alpha value is -2.12. The van der Waals surface area contributed by atoms with E-state index >= 15 is 0 Å². The molecular formula is C17H23ClN2O5. The molecule has 0 aromatic heterocycles. The zero-order valence-corrected chi connectivity index (χ0v) is 15.4. The Morgan fingerprint density at radius 1 is 1.28 bits per heavy atom. The molecule has 0 radical (unpaired) electrons. The highest BCUT2D eigenvalue weighted by Crippen LogP contribution is 2.21. The molecule has 0 aliphatic carbocycles. The van der Waals surface area contributed by atoms with Crippen molar-refractivity contribution in [2.24, 2.45) is 0 Å². The lowest BCUT2D eigenvalue weighted by molar-refractivity contribution is -0.140. The lowest BCUT2D eigenvalue weighted by atomic mass is 10.1. The molecule has 0 aliphatic rings. The minimum Gasteiger partial charge on any atom is -0.480 e. The molecule has 0 bridgehead atoms. The van der Waals surface area contributed by atoms with Gasteiger partial charge in [-0.1, -0.05) is 11.6 Å². The molecular weight excluding hydrogens is 348 g/mol. The van der Waals surface area contributed by atoms with Crippen molar-refractivity contribution in [3.8, 4) is 0 Å². The van der Waals surface area contributed by atoms with E-state index in [4.69, 9.17) is 16.3 Å². The number of amides is 2. The first-order chi connectivity index (χ1) is 11.5. The van der Waals surface area contributed by atoms with Crippen LogP contribution in [-0.2, 0) is 14.3 Å². The Morgan fingerprint density at radius 3 is 2.44 bits per heavy atom. The second-order valence-corrected chi connectivity index (χ2v) is 6.90. The first kappa shape index (κ1) is 20.9. The number of benzene rings is 1. The van der Waals surface area contributed by atoms with Crippen molar-refractivity contribution in [2.45, 2.75) is 45.8 Å². The Balaban J connectivity index is 2.83. The van der Waals surface area contributed by atoms with Crippen LogP contribution in [0.15, 0.2) is 18.2 Å². The maximum absolute atomic E-state index is 12.4. The zero-order valence-electron chi connectivity index (χ0n) is 14.7. The van der Waals surface area contributed by atoms with E-state index in [-0.39, 0.29) is 29.5 Å². The van der Waals surface area contributed by atoms with Gasteiger partial charge in [-0.15, -0.1) is 0 Å². The van der Waals surface area contributed by atoms with Crippen LogP contribution in [0.3, 0.4) is 0 Å². The Kier molecular flexibility index (Phi) is 7.38. The molecule has 7 nitrogen and oxygen atoms in total. The number of carboxylic acid groups (broad SMARTS) is 1. The molecule has 1 aromatic carbocycles. The maximum Gasteiger partial charge on any atom is 0.326 e. The van der Waals surface area contributed by atoms with Crippen LogP contribution in [0, 0.1) is 0 Å². The molecule has 3 N–H and O–H groups in total. The van der Waals surface area contributed by atoms with Gasteiger partial charge >= 0.3 is 5.97 Å². The summed E-state index contributed by atoms with van der Waals surface area (Å²) in [6.07, 6.45) is 0.112. The fraction of sp³-hybridized carbons (Fsp3) is 0.471. The van der Waals surface area contributed by atoms with Crippen LogP contribution in [0.4, 0.5) is 5.69 Å². The topological polar surface area (TPSA) is 105 Å². The molecule has 1 unspecified atom stereocenters. The second kappa shape index (κ2) is 8.82. The third-order valence-electron chi connectivity index (χ3n) is 3.08. The number of anilines is 1. The van der Waals surface area contributed by atoms with Gasteiger partial charge in [-0.05, 0) is 39.0 Å². The summed E-state index contributed by atoms with van der Waals surface area (Å²) >= 11 is 6.01. The number of hydrogen-bond donors (Lipinski definition) is 3. The number of rotatable bonds is 7. The Bertz CT molecular complexity index is 655. The van der Waals surface area contributed by atoms with Crippen molar-refractivity contribution in [3.63, 3.8) is 0 Å². The smallest absolute Gasteiger partial charge is 0.326 e. The van der Waals surface area contributed by atoms with Gasteiger partial charge in [0.1, 0.15) is 6.04 Å². The molecule has 1 atom stereocenters. The minimum atomic E-state index is -1.17. The average Bonchev–Trinajstić information content (AvgIpc) is 2.46. The highest BCUT2D eigenvalue weighted by molar-refractivity contribution is 6.34. The molecule has 0 saturated carbocycles. The predicted molar refractivity (Wildman–Crippen MR) is 95.0 cm³/mol. The van der Waals surface area contributed by atoms with E-state index in [0.29, 0.717) is 5.69 Å². The first-order valence-corrected chi connectivity index (χ1v) is 8.12. The third kappa shape index (κ3) is 7.53. The van der Waals surface area contributed by atoms with Crippen LogP contribution in [0.1, 0.15) is 44.5 Å². The monoisotopic (exact) mass is 370 g/mol. The average molecular weight is 371 g/mol. The largest absolute Gasteiger partial charge is 0.480 e. The van der Waals surface area contributed by atoms with Crippen LogP contribution < -0.4 is 10.6 Å². The number of aliphatic carboxylic acids is 1. The van der Waals surface area contributed by atoms with Crippen LogP contribution in [0.2, 0.25) is 5.02 Å². The molecule has 1 aromatic rings. The van der Waals surface area contributed by atoms with E-state index in [0.717, 1.165) is 0 Å². The number of carbonyl (C=O) groups is 3.